The van der Waals surface area contributed by atoms with E-state index in [0.29, 0.717) is 40.8 Å². The summed E-state index contributed by atoms with van der Waals surface area (Å²) >= 11 is 0. The quantitative estimate of drug-likeness (QED) is 0.851. The Morgan fingerprint density at radius 1 is 1.24 bits per heavy atom. The molecular weight excluding hydrogens is 324 g/mol. The summed E-state index contributed by atoms with van der Waals surface area (Å²) in [6.07, 6.45) is 0. The van der Waals surface area contributed by atoms with E-state index in [1.54, 1.807) is 27.4 Å². The summed E-state index contributed by atoms with van der Waals surface area (Å²) < 4.78 is 21.4. The van der Waals surface area contributed by atoms with Crippen molar-refractivity contribution in [3.63, 3.8) is 0 Å². The summed E-state index contributed by atoms with van der Waals surface area (Å²) in [5.41, 5.74) is 8.44. The SMILES string of the molecule is COCc1[nH]nc2c1[C@H](c1cc(OC)cc(OC)c1)C(C#N)=C(N)O2. The van der Waals surface area contributed by atoms with Crippen molar-refractivity contribution < 1.29 is 18.9 Å². The van der Waals surface area contributed by atoms with Crippen molar-refractivity contribution in [1.82, 2.24) is 10.2 Å². The number of methoxy groups -OCH3 is 3. The van der Waals surface area contributed by atoms with Crippen molar-refractivity contribution in [3.05, 3.63) is 46.5 Å². The van der Waals surface area contributed by atoms with Gasteiger partial charge in [-0.1, -0.05) is 0 Å². The minimum atomic E-state index is -0.471. The van der Waals surface area contributed by atoms with Crippen LogP contribution in [-0.4, -0.2) is 31.5 Å². The van der Waals surface area contributed by atoms with E-state index < -0.39 is 5.92 Å². The number of benzene rings is 1. The summed E-state index contributed by atoms with van der Waals surface area (Å²) in [5, 5.41) is 16.7. The second kappa shape index (κ2) is 6.75. The fourth-order valence-electron chi connectivity index (χ4n) is 2.89. The lowest BCUT2D eigenvalue weighted by atomic mass is 9.84. The van der Waals surface area contributed by atoms with Gasteiger partial charge in [-0.2, -0.15) is 5.26 Å². The molecular formula is C17H18N4O4. The van der Waals surface area contributed by atoms with E-state index in [0.717, 1.165) is 5.56 Å². The predicted octanol–water partition coefficient (Wildman–Crippen LogP) is 1.79. The first-order valence-corrected chi connectivity index (χ1v) is 7.49. The molecule has 1 aromatic heterocycles. The van der Waals surface area contributed by atoms with Crippen molar-refractivity contribution in [1.29, 1.82) is 5.26 Å². The van der Waals surface area contributed by atoms with E-state index >= 15 is 0 Å². The number of nitrogens with two attached hydrogens (primary N) is 1. The Morgan fingerprint density at radius 2 is 1.92 bits per heavy atom. The first-order chi connectivity index (χ1) is 12.1. The highest BCUT2D eigenvalue weighted by Gasteiger charge is 2.35. The van der Waals surface area contributed by atoms with Crippen molar-refractivity contribution in [2.75, 3.05) is 21.3 Å². The zero-order valence-corrected chi connectivity index (χ0v) is 14.1. The molecule has 1 atom stereocenters. The number of rotatable bonds is 5. The smallest absolute Gasteiger partial charge is 0.244 e. The molecule has 0 radical (unpaired) electrons. The minimum absolute atomic E-state index is 0.0252. The Hall–Kier alpha value is -3.18. The Morgan fingerprint density at radius 3 is 2.48 bits per heavy atom. The molecule has 0 saturated carbocycles. The average molecular weight is 342 g/mol. The molecule has 8 nitrogen and oxygen atoms in total. The molecule has 1 aliphatic heterocycles. The number of aromatic nitrogens is 2. The topological polar surface area (TPSA) is 115 Å². The Labute approximate surface area is 144 Å². The van der Waals surface area contributed by atoms with Gasteiger partial charge in [0, 0.05) is 13.2 Å². The lowest BCUT2D eigenvalue weighted by Crippen LogP contribution is -2.21. The summed E-state index contributed by atoms with van der Waals surface area (Å²) in [4.78, 5) is 0. The molecule has 0 bridgehead atoms. The fourth-order valence-corrected chi connectivity index (χ4v) is 2.89. The van der Waals surface area contributed by atoms with Crippen LogP contribution >= 0.6 is 0 Å². The lowest BCUT2D eigenvalue weighted by Gasteiger charge is -2.24. The first kappa shape index (κ1) is 16.7. The maximum Gasteiger partial charge on any atom is 0.244 e. The van der Waals surface area contributed by atoms with E-state index in [1.165, 1.54) is 0 Å². The van der Waals surface area contributed by atoms with Gasteiger partial charge in [0.2, 0.25) is 11.8 Å². The van der Waals surface area contributed by atoms with Crippen LogP contribution in [-0.2, 0) is 11.3 Å². The van der Waals surface area contributed by atoms with Crippen LogP contribution in [0.3, 0.4) is 0 Å². The van der Waals surface area contributed by atoms with Crippen molar-refractivity contribution >= 4 is 0 Å². The van der Waals surface area contributed by atoms with Gasteiger partial charge >= 0.3 is 0 Å². The number of nitrogens with zero attached hydrogens (tertiary/aromatic N) is 2. The summed E-state index contributed by atoms with van der Waals surface area (Å²) in [6, 6.07) is 7.56. The molecule has 130 valence electrons. The Kier molecular flexibility index (Phi) is 4.50. The normalized spacial score (nSPS) is 16.0. The largest absolute Gasteiger partial charge is 0.497 e. The van der Waals surface area contributed by atoms with Gasteiger partial charge < -0.3 is 24.7 Å². The number of H-pyrrole nitrogens is 1. The molecule has 0 unspecified atom stereocenters. The van der Waals surface area contributed by atoms with Gasteiger partial charge in [-0.15, -0.1) is 5.10 Å². The maximum absolute atomic E-state index is 9.64. The van der Waals surface area contributed by atoms with Crippen LogP contribution in [0.25, 0.3) is 0 Å². The highest BCUT2D eigenvalue weighted by Crippen LogP contribution is 2.44. The van der Waals surface area contributed by atoms with Gasteiger partial charge in [-0.3, -0.25) is 5.10 Å². The van der Waals surface area contributed by atoms with E-state index in [-0.39, 0.29) is 5.88 Å². The molecule has 1 aromatic carbocycles. The molecule has 0 spiro atoms. The maximum atomic E-state index is 9.64. The van der Waals surface area contributed by atoms with Gasteiger partial charge in [0.25, 0.3) is 0 Å². The fraction of sp³-hybridized carbons (Fsp3) is 0.294. The second-order valence-corrected chi connectivity index (χ2v) is 5.42. The monoisotopic (exact) mass is 342 g/mol. The predicted molar refractivity (Wildman–Crippen MR) is 88.1 cm³/mol. The number of hydrogen-bond acceptors (Lipinski definition) is 7. The molecule has 0 saturated heterocycles. The minimum Gasteiger partial charge on any atom is -0.497 e. The van der Waals surface area contributed by atoms with Crippen LogP contribution in [0.5, 0.6) is 17.4 Å². The molecule has 0 aliphatic carbocycles. The second-order valence-electron chi connectivity index (χ2n) is 5.42. The molecule has 3 rings (SSSR count). The standard InChI is InChI=1S/C17H18N4O4/c1-22-8-13-15-14(9-4-10(23-2)6-11(5-9)24-3)12(7-18)16(19)25-17(15)21-20-13/h4-6,14H,8,19H2,1-3H3,(H,20,21)/t14-/m1/s1. The first-order valence-electron chi connectivity index (χ1n) is 7.49. The van der Waals surface area contributed by atoms with Crippen molar-refractivity contribution in [2.24, 2.45) is 5.73 Å². The van der Waals surface area contributed by atoms with Crippen molar-refractivity contribution in [2.45, 2.75) is 12.5 Å². The summed E-state index contributed by atoms with van der Waals surface area (Å²) in [5.74, 6) is 1.10. The molecule has 3 N–H and O–H groups in total. The van der Waals surface area contributed by atoms with E-state index in [9.17, 15) is 5.26 Å². The van der Waals surface area contributed by atoms with Gasteiger partial charge in [0.05, 0.1) is 38.0 Å². The molecule has 0 fully saturated rings. The highest BCUT2D eigenvalue weighted by atomic mass is 16.5. The molecule has 2 heterocycles. The number of aromatic amines is 1. The number of hydrogen-bond donors (Lipinski definition) is 2. The zero-order chi connectivity index (χ0) is 18.0. The van der Waals surface area contributed by atoms with Crippen LogP contribution in [0.2, 0.25) is 0 Å². The number of allylic oxidation sites excluding steroid dienone is 1. The van der Waals surface area contributed by atoms with Crippen LogP contribution in [0.1, 0.15) is 22.7 Å². The Bertz CT molecular complexity index is 844. The lowest BCUT2D eigenvalue weighted by molar-refractivity contribution is 0.180. The number of nitriles is 1. The van der Waals surface area contributed by atoms with Gasteiger partial charge in [-0.25, -0.2) is 0 Å². The van der Waals surface area contributed by atoms with Gasteiger partial charge in [-0.05, 0) is 17.7 Å². The van der Waals surface area contributed by atoms with Crippen LogP contribution in [0, 0.1) is 11.3 Å². The zero-order valence-electron chi connectivity index (χ0n) is 14.1. The number of fused-ring (bicyclic) bond motifs is 1. The molecule has 0 amide bonds. The molecule has 2 aromatic rings. The highest BCUT2D eigenvalue weighted by molar-refractivity contribution is 5.57. The average Bonchev–Trinajstić information content (AvgIpc) is 3.02. The number of ether oxygens (including phenoxy) is 4. The third-order valence-electron chi connectivity index (χ3n) is 4.01. The summed E-state index contributed by atoms with van der Waals surface area (Å²) in [7, 11) is 4.71. The summed E-state index contributed by atoms with van der Waals surface area (Å²) in [6.45, 7) is 0.294. The van der Waals surface area contributed by atoms with Crippen molar-refractivity contribution in [3.8, 4) is 23.4 Å². The van der Waals surface area contributed by atoms with Crippen LogP contribution in [0.15, 0.2) is 29.7 Å². The molecule has 25 heavy (non-hydrogen) atoms. The van der Waals surface area contributed by atoms with E-state index in [2.05, 4.69) is 16.3 Å². The Balaban J connectivity index is 2.23. The van der Waals surface area contributed by atoms with Crippen LogP contribution in [0.4, 0.5) is 0 Å². The third-order valence-corrected chi connectivity index (χ3v) is 4.01. The van der Waals surface area contributed by atoms with E-state index in [4.69, 9.17) is 24.7 Å². The third kappa shape index (κ3) is 2.86. The number of nitrogens with one attached hydrogen (secondary N) is 1. The van der Waals surface area contributed by atoms with Gasteiger partial charge in [0.1, 0.15) is 23.1 Å². The molecule has 1 aliphatic rings. The van der Waals surface area contributed by atoms with Gasteiger partial charge in [0.15, 0.2) is 0 Å². The van der Waals surface area contributed by atoms with E-state index in [1.807, 2.05) is 12.1 Å². The van der Waals surface area contributed by atoms with Crippen LogP contribution < -0.4 is 19.9 Å². The molecule has 8 heteroatoms.